The molecule has 0 aliphatic carbocycles. The summed E-state index contributed by atoms with van der Waals surface area (Å²) in [6, 6.07) is 19.6. The van der Waals surface area contributed by atoms with Crippen LogP contribution in [0.15, 0.2) is 70.6 Å². The molecule has 0 unspecified atom stereocenters. The molecule has 3 aromatic rings. The van der Waals surface area contributed by atoms with Crippen LogP contribution in [0.3, 0.4) is 0 Å². The van der Waals surface area contributed by atoms with Crippen LogP contribution in [0, 0.1) is 0 Å². The maximum Gasteiger partial charge on any atom is 0.124 e. The van der Waals surface area contributed by atoms with Gasteiger partial charge in [0.2, 0.25) is 0 Å². The normalized spacial score (nSPS) is 11.6. The van der Waals surface area contributed by atoms with Gasteiger partial charge in [-0.05, 0) is 59.4 Å². The van der Waals surface area contributed by atoms with Crippen molar-refractivity contribution >= 4 is 12.4 Å². The van der Waals surface area contributed by atoms with Crippen LogP contribution < -0.4 is 0 Å². The number of aromatic hydroxyl groups is 2. The Morgan fingerprint density at radius 1 is 0.528 bits per heavy atom. The molecule has 0 saturated heterocycles. The van der Waals surface area contributed by atoms with Crippen LogP contribution in [0.1, 0.15) is 76.3 Å². The molecule has 0 atom stereocenters. The van der Waals surface area contributed by atoms with Gasteiger partial charge in [-0.3, -0.25) is 9.98 Å². The van der Waals surface area contributed by atoms with Crippen molar-refractivity contribution in [3.63, 3.8) is 0 Å². The van der Waals surface area contributed by atoms with Crippen LogP contribution in [-0.2, 0) is 0 Å². The fraction of sp³-hybridized carbons (Fsp3) is 0.375. The van der Waals surface area contributed by atoms with Gasteiger partial charge in [0.25, 0.3) is 0 Å². The summed E-state index contributed by atoms with van der Waals surface area (Å²) in [6.07, 6.45) is 13.0. The first-order valence-corrected chi connectivity index (χ1v) is 13.4. The first-order chi connectivity index (χ1) is 17.6. The Bertz CT molecular complexity index is 1040. The van der Waals surface area contributed by atoms with Gasteiger partial charge < -0.3 is 10.2 Å². The number of hydrogen-bond donors (Lipinski definition) is 2. The summed E-state index contributed by atoms with van der Waals surface area (Å²) in [7, 11) is 0. The highest BCUT2D eigenvalue weighted by atomic mass is 16.3. The van der Waals surface area contributed by atoms with Gasteiger partial charge in [0, 0.05) is 36.6 Å². The van der Waals surface area contributed by atoms with Gasteiger partial charge >= 0.3 is 0 Å². The molecule has 0 aromatic heterocycles. The number of rotatable bonds is 14. The van der Waals surface area contributed by atoms with E-state index >= 15 is 0 Å². The zero-order valence-electron chi connectivity index (χ0n) is 21.8. The highest BCUT2D eigenvalue weighted by Crippen LogP contribution is 2.29. The van der Waals surface area contributed by atoms with Crippen LogP contribution in [-0.4, -0.2) is 35.7 Å². The highest BCUT2D eigenvalue weighted by molar-refractivity contribution is 5.87. The Kier molecular flexibility index (Phi) is 11.2. The second kappa shape index (κ2) is 14.9. The molecule has 190 valence electrons. The highest BCUT2D eigenvalue weighted by Gasteiger charge is 2.06. The van der Waals surface area contributed by atoms with E-state index in [4.69, 9.17) is 0 Å². The third-order valence-corrected chi connectivity index (χ3v) is 6.35. The Labute approximate surface area is 216 Å². The van der Waals surface area contributed by atoms with E-state index in [1.54, 1.807) is 24.6 Å². The molecule has 3 aromatic carbocycles. The molecule has 0 fully saturated rings. The molecule has 0 radical (unpaired) electrons. The van der Waals surface area contributed by atoms with Crippen molar-refractivity contribution in [3.05, 3.63) is 71.8 Å². The molecule has 0 bridgehead atoms. The van der Waals surface area contributed by atoms with Gasteiger partial charge in [0.05, 0.1) is 0 Å². The summed E-state index contributed by atoms with van der Waals surface area (Å²) < 4.78 is 0. The third kappa shape index (κ3) is 8.37. The topological polar surface area (TPSA) is 65.2 Å². The van der Waals surface area contributed by atoms with Crippen LogP contribution in [0.4, 0.5) is 0 Å². The van der Waals surface area contributed by atoms with Gasteiger partial charge in [-0.15, -0.1) is 0 Å². The molecular formula is C32H40N2O2. The summed E-state index contributed by atoms with van der Waals surface area (Å²) in [5.41, 5.74) is 5.70. The summed E-state index contributed by atoms with van der Waals surface area (Å²) in [6.45, 7) is 5.98. The number of hydrogen-bond acceptors (Lipinski definition) is 4. The Morgan fingerprint density at radius 2 is 0.917 bits per heavy atom. The van der Waals surface area contributed by atoms with Crippen molar-refractivity contribution in [1.82, 2.24) is 0 Å². The molecule has 3 rings (SSSR count). The van der Waals surface area contributed by atoms with Gasteiger partial charge in [-0.2, -0.15) is 0 Å². The van der Waals surface area contributed by atoms with Crippen LogP contribution >= 0.6 is 0 Å². The average molecular weight is 485 g/mol. The largest absolute Gasteiger partial charge is 0.507 e. The van der Waals surface area contributed by atoms with E-state index in [2.05, 4.69) is 48.1 Å². The Balaban J connectivity index is 1.68. The molecule has 36 heavy (non-hydrogen) atoms. The van der Waals surface area contributed by atoms with Crippen LogP contribution in [0.2, 0.25) is 0 Å². The second-order valence-corrected chi connectivity index (χ2v) is 9.32. The Morgan fingerprint density at radius 3 is 1.31 bits per heavy atom. The lowest BCUT2D eigenvalue weighted by Crippen LogP contribution is -1.89. The van der Waals surface area contributed by atoms with Crippen molar-refractivity contribution in [2.24, 2.45) is 9.98 Å². The Hall–Kier alpha value is -3.40. The number of phenols is 2. The van der Waals surface area contributed by atoms with Crippen molar-refractivity contribution < 1.29 is 10.2 Å². The number of aliphatic imine (C=N–C) groups is 2. The van der Waals surface area contributed by atoms with Gasteiger partial charge in [0.15, 0.2) is 0 Å². The first kappa shape index (κ1) is 27.2. The molecule has 2 N–H and O–H groups in total. The molecule has 4 heteroatoms. The molecule has 0 aliphatic rings. The minimum Gasteiger partial charge on any atom is -0.507 e. The third-order valence-electron chi connectivity index (χ3n) is 6.35. The van der Waals surface area contributed by atoms with E-state index in [1.807, 2.05) is 24.3 Å². The van der Waals surface area contributed by atoms with Gasteiger partial charge in [0.1, 0.15) is 11.5 Å². The fourth-order valence-electron chi connectivity index (χ4n) is 4.12. The minimum absolute atomic E-state index is 0.247. The van der Waals surface area contributed by atoms with Crippen LogP contribution in [0.5, 0.6) is 11.5 Å². The van der Waals surface area contributed by atoms with Crippen molar-refractivity contribution in [3.8, 4) is 33.8 Å². The van der Waals surface area contributed by atoms with Crippen molar-refractivity contribution in [1.29, 1.82) is 0 Å². The maximum atomic E-state index is 10.3. The lowest BCUT2D eigenvalue weighted by atomic mass is 9.98. The minimum atomic E-state index is 0.247. The van der Waals surface area contributed by atoms with E-state index in [9.17, 15) is 10.2 Å². The molecule has 0 aliphatic heterocycles. The summed E-state index contributed by atoms with van der Waals surface area (Å²) in [5, 5.41) is 20.5. The number of benzene rings is 3. The quantitative estimate of drug-likeness (QED) is 0.178. The van der Waals surface area contributed by atoms with E-state index < -0.39 is 0 Å². The molecule has 0 spiro atoms. The number of phenolic OH excluding ortho intramolecular Hbond substituents is 2. The summed E-state index contributed by atoms with van der Waals surface area (Å²) in [5.74, 6) is 0.493. The van der Waals surface area contributed by atoms with Gasteiger partial charge in [-0.25, -0.2) is 0 Å². The maximum absolute atomic E-state index is 10.3. The van der Waals surface area contributed by atoms with E-state index in [1.165, 1.54) is 38.5 Å². The lowest BCUT2D eigenvalue weighted by Gasteiger charge is -2.08. The van der Waals surface area contributed by atoms with Crippen LogP contribution in [0.25, 0.3) is 22.3 Å². The molecule has 0 heterocycles. The smallest absolute Gasteiger partial charge is 0.124 e. The number of nitrogens with zero attached hydrogens (tertiary/aromatic N) is 2. The average Bonchev–Trinajstić information content (AvgIpc) is 2.90. The van der Waals surface area contributed by atoms with Gasteiger partial charge in [-0.1, -0.05) is 88.8 Å². The second-order valence-electron chi connectivity index (χ2n) is 9.32. The SMILES string of the molecule is CCCCCCN=Cc1cc(-c2ccc(-c3ccc(O)c(C=NCCCCCC)c3)cc2)ccc1O. The predicted molar refractivity (Wildman–Crippen MR) is 154 cm³/mol. The first-order valence-electron chi connectivity index (χ1n) is 13.4. The van der Waals surface area contributed by atoms with E-state index in [0.717, 1.165) is 59.3 Å². The fourth-order valence-corrected chi connectivity index (χ4v) is 4.12. The van der Waals surface area contributed by atoms with Crippen molar-refractivity contribution in [2.75, 3.05) is 13.1 Å². The zero-order chi connectivity index (χ0) is 25.6. The summed E-state index contributed by atoms with van der Waals surface area (Å²) >= 11 is 0. The molecule has 4 nitrogen and oxygen atoms in total. The van der Waals surface area contributed by atoms with Crippen molar-refractivity contribution in [2.45, 2.75) is 65.2 Å². The van der Waals surface area contributed by atoms with E-state index in [0.29, 0.717) is 0 Å². The monoisotopic (exact) mass is 484 g/mol. The zero-order valence-corrected chi connectivity index (χ0v) is 21.8. The predicted octanol–water partition coefficient (Wildman–Crippen LogP) is 8.43. The number of unbranched alkanes of at least 4 members (excludes halogenated alkanes) is 6. The standard InChI is InChI=1S/C32H40N2O2/c1-3-5-7-9-19-33-23-29-21-27(15-17-31(29)35)25-11-13-26(14-12-25)28-16-18-32(36)30(22-28)24-34-20-10-8-6-4-2/h11-18,21-24,35-36H,3-10,19-20H2,1-2H3. The molecule has 0 saturated carbocycles. The summed E-state index contributed by atoms with van der Waals surface area (Å²) in [4.78, 5) is 9.00. The molecule has 0 amide bonds. The molecular weight excluding hydrogens is 444 g/mol. The van der Waals surface area contributed by atoms with E-state index in [-0.39, 0.29) is 11.5 Å². The lowest BCUT2D eigenvalue weighted by molar-refractivity contribution is 0.474.